The first kappa shape index (κ1) is 15.4. The van der Waals surface area contributed by atoms with Crippen LogP contribution in [-0.2, 0) is 0 Å². The third-order valence-electron chi connectivity index (χ3n) is 3.54. The fourth-order valence-electron chi connectivity index (χ4n) is 2.53. The molecule has 4 N–H and O–H groups in total. The van der Waals surface area contributed by atoms with Gasteiger partial charge in [-0.25, -0.2) is 4.98 Å². The molecular formula is C16H16N4O2S. The lowest BCUT2D eigenvalue weighted by Gasteiger charge is -2.10. The molecule has 0 saturated heterocycles. The second kappa shape index (κ2) is 5.92. The molecule has 0 unspecified atom stereocenters. The van der Waals surface area contributed by atoms with Gasteiger partial charge in [0.05, 0.1) is 5.25 Å². The summed E-state index contributed by atoms with van der Waals surface area (Å²) in [4.78, 5) is 34.1. The van der Waals surface area contributed by atoms with Crippen molar-refractivity contribution in [2.24, 2.45) is 0 Å². The van der Waals surface area contributed by atoms with Gasteiger partial charge in [-0.2, -0.15) is 0 Å². The quantitative estimate of drug-likeness (QED) is 0.388. The number of nitrogens with zero attached hydrogens (tertiary/aromatic N) is 1. The largest absolute Gasteiger partial charge is 0.383 e. The fraction of sp³-hybridized carbons (Fsp3) is 0.188. The number of nitrogens with two attached hydrogens (primary N) is 1. The van der Waals surface area contributed by atoms with Crippen LogP contribution in [0.4, 0.5) is 5.82 Å². The number of nitrogen functional groups attached to an aromatic ring is 1. The zero-order valence-corrected chi connectivity index (χ0v) is 13.5. The Morgan fingerprint density at radius 2 is 2.04 bits per heavy atom. The first-order valence-corrected chi connectivity index (χ1v) is 7.98. The number of benzene rings is 1. The number of nitrogens with one attached hydrogen (secondary N) is 2. The second-order valence-electron chi connectivity index (χ2n) is 5.27. The summed E-state index contributed by atoms with van der Waals surface area (Å²) in [5, 5.41) is 0.836. The lowest BCUT2D eigenvalue weighted by Crippen LogP contribution is -2.17. The number of thioether (sulfide) groups is 1. The van der Waals surface area contributed by atoms with Gasteiger partial charge < -0.3 is 15.7 Å². The Hall–Kier alpha value is -2.54. The second-order valence-corrected chi connectivity index (χ2v) is 6.60. The highest BCUT2D eigenvalue weighted by molar-refractivity contribution is 8.00. The van der Waals surface area contributed by atoms with Crippen molar-refractivity contribution in [2.45, 2.75) is 24.3 Å². The standard InChI is InChI=1S/C16H16N4O2S/c1-8-14(10-5-3-4-6-11(10)18-8)15(22)9(2)23-16-19-12(17)7-13(21)20-16/h3-7,9,18H,1-2H3,(H3,17,19,20,21)/t9-/m0/s1. The Labute approximate surface area is 136 Å². The van der Waals surface area contributed by atoms with Crippen molar-refractivity contribution in [3.05, 3.63) is 51.9 Å². The lowest BCUT2D eigenvalue weighted by atomic mass is 10.1. The summed E-state index contributed by atoms with van der Waals surface area (Å²) >= 11 is 1.19. The Kier molecular flexibility index (Phi) is 3.96. The number of aromatic amines is 2. The van der Waals surface area contributed by atoms with Crippen LogP contribution in [0.2, 0.25) is 0 Å². The molecule has 0 aliphatic heterocycles. The van der Waals surface area contributed by atoms with Gasteiger partial charge in [-0.1, -0.05) is 30.0 Å². The van der Waals surface area contributed by atoms with E-state index in [4.69, 9.17) is 5.73 Å². The molecule has 7 heteroatoms. The normalized spacial score (nSPS) is 12.4. The Morgan fingerprint density at radius 1 is 1.30 bits per heavy atom. The van der Waals surface area contributed by atoms with E-state index in [2.05, 4.69) is 15.0 Å². The zero-order chi connectivity index (χ0) is 16.6. The minimum Gasteiger partial charge on any atom is -0.383 e. The lowest BCUT2D eigenvalue weighted by molar-refractivity contribution is 0.0995. The van der Waals surface area contributed by atoms with Crippen LogP contribution in [0.15, 0.2) is 40.3 Å². The van der Waals surface area contributed by atoms with Crippen molar-refractivity contribution in [3.63, 3.8) is 0 Å². The van der Waals surface area contributed by atoms with E-state index in [0.717, 1.165) is 16.6 Å². The molecule has 0 bridgehead atoms. The van der Waals surface area contributed by atoms with Gasteiger partial charge >= 0.3 is 0 Å². The number of carbonyl (C=O) groups is 1. The highest BCUT2D eigenvalue weighted by Crippen LogP contribution is 2.28. The van der Waals surface area contributed by atoms with Gasteiger partial charge in [0.25, 0.3) is 5.56 Å². The number of aryl methyl sites for hydroxylation is 1. The molecule has 0 aliphatic carbocycles. The summed E-state index contributed by atoms with van der Waals surface area (Å²) in [7, 11) is 0. The summed E-state index contributed by atoms with van der Waals surface area (Å²) in [5.74, 6) is 0.120. The van der Waals surface area contributed by atoms with E-state index in [1.54, 1.807) is 6.92 Å². The van der Waals surface area contributed by atoms with Crippen LogP contribution >= 0.6 is 11.8 Å². The molecule has 6 nitrogen and oxygen atoms in total. The molecule has 2 heterocycles. The molecule has 1 atom stereocenters. The van der Waals surface area contributed by atoms with E-state index in [-0.39, 0.29) is 17.2 Å². The predicted octanol–water partition coefficient (Wildman–Crippen LogP) is 2.51. The smallest absolute Gasteiger partial charge is 0.253 e. The fourth-order valence-corrected chi connectivity index (χ4v) is 3.40. The molecule has 0 fully saturated rings. The summed E-state index contributed by atoms with van der Waals surface area (Å²) in [6, 6.07) is 8.89. The molecule has 0 saturated carbocycles. The predicted molar refractivity (Wildman–Crippen MR) is 92.0 cm³/mol. The molecule has 1 aromatic carbocycles. The molecule has 118 valence electrons. The van der Waals surface area contributed by atoms with E-state index in [9.17, 15) is 9.59 Å². The van der Waals surface area contributed by atoms with E-state index in [1.807, 2.05) is 31.2 Å². The Balaban J connectivity index is 1.92. The summed E-state index contributed by atoms with van der Waals surface area (Å²) < 4.78 is 0. The van der Waals surface area contributed by atoms with Gasteiger partial charge in [-0.15, -0.1) is 0 Å². The van der Waals surface area contributed by atoms with E-state index in [1.165, 1.54) is 17.8 Å². The third-order valence-corrected chi connectivity index (χ3v) is 4.52. The van der Waals surface area contributed by atoms with E-state index >= 15 is 0 Å². The van der Waals surface area contributed by atoms with Gasteiger partial charge in [-0.3, -0.25) is 9.59 Å². The number of fused-ring (bicyclic) bond motifs is 1. The van der Waals surface area contributed by atoms with E-state index < -0.39 is 5.25 Å². The molecule has 3 aromatic rings. The maximum absolute atomic E-state index is 12.8. The van der Waals surface area contributed by atoms with Crippen molar-refractivity contribution >= 4 is 34.3 Å². The maximum Gasteiger partial charge on any atom is 0.253 e. The number of hydrogen-bond donors (Lipinski definition) is 3. The number of hydrogen-bond acceptors (Lipinski definition) is 5. The molecule has 23 heavy (non-hydrogen) atoms. The number of carbonyl (C=O) groups excluding carboxylic acids is 1. The molecular weight excluding hydrogens is 312 g/mol. The molecule has 0 aliphatic rings. The number of rotatable bonds is 4. The van der Waals surface area contributed by atoms with Gasteiger partial charge in [0.1, 0.15) is 5.82 Å². The number of ketones is 1. The van der Waals surface area contributed by atoms with Gasteiger partial charge in [0.2, 0.25) is 0 Å². The number of Topliss-reactive ketones (excluding diaryl/α,β-unsaturated/α-hetero) is 1. The molecule has 3 rings (SSSR count). The van der Waals surface area contributed by atoms with Crippen LogP contribution in [0.5, 0.6) is 0 Å². The SMILES string of the molecule is Cc1[nH]c2ccccc2c1C(=O)[C@H](C)Sc1nc(N)cc(=O)[nH]1. The van der Waals surface area contributed by atoms with Gasteiger partial charge in [-0.05, 0) is 19.9 Å². The zero-order valence-electron chi connectivity index (χ0n) is 12.7. The summed E-state index contributed by atoms with van der Waals surface area (Å²) in [5.41, 5.74) is 7.68. The van der Waals surface area contributed by atoms with E-state index in [0.29, 0.717) is 10.7 Å². The van der Waals surface area contributed by atoms with Crippen LogP contribution in [0.3, 0.4) is 0 Å². The van der Waals surface area contributed by atoms with Gasteiger partial charge in [0.15, 0.2) is 10.9 Å². The summed E-state index contributed by atoms with van der Waals surface area (Å²) in [6.07, 6.45) is 0. The first-order valence-electron chi connectivity index (χ1n) is 7.10. The Bertz CT molecular complexity index is 945. The summed E-state index contributed by atoms with van der Waals surface area (Å²) in [6.45, 7) is 3.67. The van der Waals surface area contributed by atoms with Crippen LogP contribution < -0.4 is 11.3 Å². The highest BCUT2D eigenvalue weighted by atomic mass is 32.2. The maximum atomic E-state index is 12.8. The molecule has 0 spiro atoms. The highest BCUT2D eigenvalue weighted by Gasteiger charge is 2.23. The number of para-hydroxylation sites is 1. The topological polar surface area (TPSA) is 105 Å². The monoisotopic (exact) mass is 328 g/mol. The average Bonchev–Trinajstić information content (AvgIpc) is 2.81. The van der Waals surface area contributed by atoms with Crippen molar-refractivity contribution < 1.29 is 4.79 Å². The van der Waals surface area contributed by atoms with Crippen molar-refractivity contribution in [3.8, 4) is 0 Å². The van der Waals surface area contributed by atoms with Crippen molar-refractivity contribution in [1.82, 2.24) is 15.0 Å². The first-order chi connectivity index (χ1) is 11.0. The molecule has 2 aromatic heterocycles. The van der Waals surface area contributed by atoms with Crippen molar-refractivity contribution in [2.75, 3.05) is 5.73 Å². The minimum atomic E-state index is -0.405. The van der Waals surface area contributed by atoms with Gasteiger partial charge in [0, 0.05) is 28.2 Å². The van der Waals surface area contributed by atoms with Crippen LogP contribution in [-0.4, -0.2) is 26.0 Å². The Morgan fingerprint density at radius 3 is 2.78 bits per heavy atom. The number of H-pyrrole nitrogens is 2. The van der Waals surface area contributed by atoms with Crippen LogP contribution in [0, 0.1) is 6.92 Å². The average molecular weight is 328 g/mol. The van der Waals surface area contributed by atoms with Crippen molar-refractivity contribution in [1.29, 1.82) is 0 Å². The molecule has 0 amide bonds. The minimum absolute atomic E-state index is 0.0185. The number of aromatic nitrogens is 3. The van der Waals surface area contributed by atoms with Crippen LogP contribution in [0.1, 0.15) is 23.0 Å². The third kappa shape index (κ3) is 3.00. The number of anilines is 1. The van der Waals surface area contributed by atoms with Crippen LogP contribution in [0.25, 0.3) is 10.9 Å². The molecule has 0 radical (unpaired) electrons.